The number of para-hydroxylation sites is 1. The van der Waals surface area contributed by atoms with E-state index in [-0.39, 0.29) is 11.6 Å². The molecule has 2 aromatic heterocycles. The number of hydrogen-bond donors (Lipinski definition) is 1. The van der Waals surface area contributed by atoms with Gasteiger partial charge in [-0.05, 0) is 35.4 Å². The monoisotopic (exact) mass is 402 g/mol. The maximum absolute atomic E-state index is 14.6. The van der Waals surface area contributed by atoms with Crippen LogP contribution in [0.15, 0.2) is 77.6 Å². The molecule has 0 aliphatic carbocycles. The van der Waals surface area contributed by atoms with Gasteiger partial charge in [0.1, 0.15) is 11.5 Å². The van der Waals surface area contributed by atoms with Gasteiger partial charge >= 0.3 is 0 Å². The smallest absolute Gasteiger partial charge is 0.247 e. The summed E-state index contributed by atoms with van der Waals surface area (Å²) >= 11 is 0. The van der Waals surface area contributed by atoms with Crippen molar-refractivity contribution in [1.29, 1.82) is 0 Å². The summed E-state index contributed by atoms with van der Waals surface area (Å²) in [5.74, 6) is -0.834. The predicted octanol–water partition coefficient (Wildman–Crippen LogP) is 4.69. The Balaban J connectivity index is 2.00. The number of aromatic nitrogens is 2. The average Bonchev–Trinajstić information content (AvgIpc) is 3.20. The van der Waals surface area contributed by atoms with Crippen LogP contribution >= 0.6 is 0 Å². The predicted molar refractivity (Wildman–Crippen MR) is 112 cm³/mol. The molecule has 30 heavy (non-hydrogen) atoms. The van der Waals surface area contributed by atoms with Crippen LogP contribution in [0.1, 0.15) is 12.5 Å². The van der Waals surface area contributed by atoms with Gasteiger partial charge in [-0.15, -0.1) is 0 Å². The first-order chi connectivity index (χ1) is 14.6. The van der Waals surface area contributed by atoms with E-state index in [0.29, 0.717) is 17.8 Å². The molecule has 0 atom stereocenters. The molecule has 0 radical (unpaired) electrons. The fraction of sp³-hybridized carbons (Fsp3) is 0.0870. The molecule has 2 heterocycles. The van der Waals surface area contributed by atoms with Crippen LogP contribution in [-0.2, 0) is 11.3 Å². The first kappa shape index (κ1) is 19.5. The maximum Gasteiger partial charge on any atom is 0.247 e. The Bertz CT molecular complexity index is 1190. The van der Waals surface area contributed by atoms with Crippen LogP contribution in [0.3, 0.4) is 0 Å². The second-order valence-electron chi connectivity index (χ2n) is 6.61. The van der Waals surface area contributed by atoms with Gasteiger partial charge in [0.2, 0.25) is 11.8 Å². The zero-order chi connectivity index (χ0) is 21.1. The molecule has 0 aliphatic rings. The van der Waals surface area contributed by atoms with E-state index in [1.165, 1.54) is 24.0 Å². The largest absolute Gasteiger partial charge is 0.336 e. The minimum atomic E-state index is -0.548. The molecule has 0 bridgehead atoms. The number of amides is 1. The van der Waals surface area contributed by atoms with Crippen molar-refractivity contribution in [3.05, 3.63) is 84.4 Å². The minimum Gasteiger partial charge on any atom is -0.336 e. The van der Waals surface area contributed by atoms with Gasteiger partial charge in [-0.25, -0.2) is 9.29 Å². The third kappa shape index (κ3) is 3.46. The molecular weight excluding hydrogens is 383 g/mol. The number of halogens is 1. The fourth-order valence-corrected chi connectivity index (χ4v) is 3.38. The first-order valence-corrected chi connectivity index (χ1v) is 9.35. The van der Waals surface area contributed by atoms with Crippen LogP contribution in [0.2, 0.25) is 0 Å². The lowest BCUT2D eigenvalue weighted by Gasteiger charge is -2.20. The van der Waals surface area contributed by atoms with E-state index in [2.05, 4.69) is 10.1 Å². The molecule has 0 saturated carbocycles. The van der Waals surface area contributed by atoms with E-state index in [1.54, 1.807) is 36.7 Å². The van der Waals surface area contributed by atoms with Gasteiger partial charge in [0.15, 0.2) is 0 Å². The van der Waals surface area contributed by atoms with E-state index in [0.717, 1.165) is 16.7 Å². The van der Waals surface area contributed by atoms with Crippen LogP contribution in [0.25, 0.3) is 22.4 Å². The number of carbonyl (C=O) groups excluding carboxylic acids is 1. The first-order valence-electron chi connectivity index (χ1n) is 9.35. The van der Waals surface area contributed by atoms with Gasteiger partial charge in [0, 0.05) is 31.4 Å². The molecule has 4 aromatic rings. The molecule has 0 unspecified atom stereocenters. The van der Waals surface area contributed by atoms with Crippen molar-refractivity contribution >= 4 is 17.5 Å². The van der Waals surface area contributed by atoms with Crippen molar-refractivity contribution in [2.75, 3.05) is 4.90 Å². The second kappa shape index (κ2) is 8.26. The molecule has 150 valence electrons. The molecular formula is C23H19FN4O2. The summed E-state index contributed by atoms with van der Waals surface area (Å²) in [5.41, 5.74) is 9.44. The number of benzene rings is 2. The summed E-state index contributed by atoms with van der Waals surface area (Å²) in [6, 6.07) is 17.1. The normalized spacial score (nSPS) is 10.8. The minimum absolute atomic E-state index is 0.0788. The fourth-order valence-electron chi connectivity index (χ4n) is 3.38. The number of nitrogens with two attached hydrogens (primary N) is 1. The average molecular weight is 402 g/mol. The van der Waals surface area contributed by atoms with Gasteiger partial charge in [-0.2, -0.15) is 0 Å². The molecule has 6 nitrogen and oxygen atoms in total. The Labute approximate surface area is 172 Å². The quantitative estimate of drug-likeness (QED) is 0.524. The highest BCUT2D eigenvalue weighted by Gasteiger charge is 2.29. The highest BCUT2D eigenvalue weighted by molar-refractivity contribution is 6.03. The van der Waals surface area contributed by atoms with Crippen LogP contribution in [0.4, 0.5) is 16.0 Å². The van der Waals surface area contributed by atoms with E-state index < -0.39 is 11.7 Å². The molecule has 0 saturated heterocycles. The van der Waals surface area contributed by atoms with E-state index >= 15 is 0 Å². The summed E-state index contributed by atoms with van der Waals surface area (Å²) in [4.78, 5) is 17.8. The van der Waals surface area contributed by atoms with Crippen molar-refractivity contribution in [3.8, 4) is 22.4 Å². The number of carbonyl (C=O) groups is 1. The van der Waals surface area contributed by atoms with Gasteiger partial charge in [-0.1, -0.05) is 41.6 Å². The zero-order valence-corrected chi connectivity index (χ0v) is 16.2. The van der Waals surface area contributed by atoms with Gasteiger partial charge in [-0.3, -0.25) is 9.78 Å². The third-order valence-corrected chi connectivity index (χ3v) is 4.75. The molecule has 7 heteroatoms. The highest BCUT2D eigenvalue weighted by atomic mass is 19.1. The number of hydrogen-bond acceptors (Lipinski definition) is 5. The molecule has 0 aliphatic heterocycles. The summed E-state index contributed by atoms with van der Waals surface area (Å²) in [5, 5.41) is 4.26. The van der Waals surface area contributed by atoms with E-state index in [1.807, 2.05) is 24.3 Å². The number of rotatable bonds is 5. The zero-order valence-electron chi connectivity index (χ0n) is 16.2. The lowest BCUT2D eigenvalue weighted by atomic mass is 9.97. The molecule has 2 N–H and O–H groups in total. The van der Waals surface area contributed by atoms with Gasteiger partial charge < -0.3 is 10.3 Å². The summed E-state index contributed by atoms with van der Waals surface area (Å²) in [7, 11) is 0. The third-order valence-electron chi connectivity index (χ3n) is 4.75. The molecule has 1 amide bonds. The summed E-state index contributed by atoms with van der Waals surface area (Å²) in [6.45, 7) is 1.65. The Morgan fingerprint density at radius 2 is 1.77 bits per heavy atom. The Morgan fingerprint density at radius 1 is 1.07 bits per heavy atom. The van der Waals surface area contributed by atoms with Crippen LogP contribution < -0.4 is 10.6 Å². The maximum atomic E-state index is 14.6. The Hall–Kier alpha value is -3.84. The topological polar surface area (TPSA) is 85.2 Å². The highest BCUT2D eigenvalue weighted by Crippen LogP contribution is 2.43. The van der Waals surface area contributed by atoms with Crippen molar-refractivity contribution in [2.24, 2.45) is 5.73 Å². The lowest BCUT2D eigenvalue weighted by Crippen LogP contribution is -2.23. The van der Waals surface area contributed by atoms with E-state index in [9.17, 15) is 9.18 Å². The van der Waals surface area contributed by atoms with Crippen molar-refractivity contribution < 1.29 is 13.7 Å². The summed E-state index contributed by atoms with van der Waals surface area (Å²) in [6.07, 6.45) is 3.26. The molecule has 0 fully saturated rings. The molecule has 2 aromatic carbocycles. The van der Waals surface area contributed by atoms with E-state index in [4.69, 9.17) is 10.3 Å². The summed E-state index contributed by atoms with van der Waals surface area (Å²) < 4.78 is 20.2. The number of nitrogens with zero attached hydrogens (tertiary/aromatic N) is 3. The van der Waals surface area contributed by atoms with Crippen LogP contribution in [-0.4, -0.2) is 16.0 Å². The van der Waals surface area contributed by atoms with Crippen molar-refractivity contribution in [3.63, 3.8) is 0 Å². The van der Waals surface area contributed by atoms with Gasteiger partial charge in [0.05, 0.1) is 11.3 Å². The standard InChI is InChI=1S/C23H19FN4O2/c1-15(29)28(20-9-5-4-8-19(20)24)23-21(16-10-12-26-13-11-16)22(27-30-23)18-7-3-2-6-17(18)14-25/h2-13H,14,25H2,1H3. The molecule has 0 spiro atoms. The number of pyridine rings is 1. The number of anilines is 2. The molecule has 4 rings (SSSR count). The van der Waals surface area contributed by atoms with Crippen molar-refractivity contribution in [2.45, 2.75) is 13.5 Å². The van der Waals surface area contributed by atoms with Crippen LogP contribution in [0.5, 0.6) is 0 Å². The van der Waals surface area contributed by atoms with Crippen LogP contribution in [0, 0.1) is 5.82 Å². The lowest BCUT2D eigenvalue weighted by molar-refractivity contribution is -0.116. The van der Waals surface area contributed by atoms with Crippen molar-refractivity contribution in [1.82, 2.24) is 10.1 Å². The van der Waals surface area contributed by atoms with Gasteiger partial charge in [0.25, 0.3) is 0 Å². The Morgan fingerprint density at radius 3 is 2.47 bits per heavy atom. The second-order valence-corrected chi connectivity index (χ2v) is 6.61. The Kier molecular flexibility index (Phi) is 5.36. The SMILES string of the molecule is CC(=O)N(c1ccccc1F)c1onc(-c2ccccc2CN)c1-c1ccncc1.